The minimum atomic E-state index is -4.87. The third-order valence-corrected chi connectivity index (χ3v) is 5.44. The molecule has 1 rings (SSSR count). The molecule has 1 aromatic rings. The van der Waals surface area contributed by atoms with Gasteiger partial charge in [0.25, 0.3) is 0 Å². The summed E-state index contributed by atoms with van der Waals surface area (Å²) >= 11 is 1.33. The summed E-state index contributed by atoms with van der Waals surface area (Å²) in [6.07, 6.45) is -6.53. The van der Waals surface area contributed by atoms with E-state index in [2.05, 4.69) is 4.98 Å². The quantitative estimate of drug-likeness (QED) is 0.160. The molecule has 0 saturated heterocycles. The number of hydrogen-bond donors (Lipinski definition) is 4. The molecule has 6 N–H and O–H groups in total. The molecule has 0 bridgehead atoms. The van der Waals surface area contributed by atoms with Gasteiger partial charge in [-0.1, -0.05) is 26.7 Å². The van der Waals surface area contributed by atoms with Crippen LogP contribution in [0.5, 0.6) is 0 Å². The molecule has 0 aliphatic heterocycles. The molecule has 0 aliphatic carbocycles. The summed E-state index contributed by atoms with van der Waals surface area (Å²) < 4.78 is 76.7. The first-order chi connectivity index (χ1) is 14.2. The number of hydrogen-bond acceptors (Lipinski definition) is 6. The maximum absolute atomic E-state index is 12.9. The average molecular weight is 469 g/mol. The molecule has 5 nitrogen and oxygen atoms in total. The number of nitrogens with one attached hydrogen (secondary N) is 2. The van der Waals surface area contributed by atoms with E-state index in [4.69, 9.17) is 22.3 Å². The van der Waals surface area contributed by atoms with Crippen LogP contribution in [-0.4, -0.2) is 34.5 Å². The molecule has 0 fully saturated rings. The molecule has 2 unspecified atom stereocenters. The fourth-order valence-electron chi connectivity index (χ4n) is 2.47. The van der Waals surface area contributed by atoms with Gasteiger partial charge >= 0.3 is 12.4 Å². The van der Waals surface area contributed by atoms with Crippen molar-refractivity contribution in [3.05, 3.63) is 35.3 Å². The van der Waals surface area contributed by atoms with E-state index in [9.17, 15) is 26.3 Å². The Morgan fingerprint density at radius 1 is 1.13 bits per heavy atom. The van der Waals surface area contributed by atoms with Gasteiger partial charge in [-0.05, 0) is 30.4 Å². The lowest BCUT2D eigenvalue weighted by Crippen LogP contribution is -2.35. The van der Waals surface area contributed by atoms with Crippen LogP contribution >= 0.6 is 11.8 Å². The second-order valence-corrected chi connectivity index (χ2v) is 8.07. The van der Waals surface area contributed by atoms with Gasteiger partial charge in [0.1, 0.15) is 11.4 Å². The number of rotatable bonds is 10. The topological polar surface area (TPSA) is 113 Å². The van der Waals surface area contributed by atoms with Crippen LogP contribution < -0.4 is 11.5 Å². The molecule has 1 heterocycles. The van der Waals surface area contributed by atoms with Gasteiger partial charge in [0.05, 0.1) is 23.1 Å². The van der Waals surface area contributed by atoms with Crippen molar-refractivity contribution in [3.8, 4) is 0 Å². The Labute approximate surface area is 180 Å². The highest BCUT2D eigenvalue weighted by molar-refractivity contribution is 7.99. The molecule has 174 valence electrons. The van der Waals surface area contributed by atoms with E-state index < -0.39 is 41.4 Å². The van der Waals surface area contributed by atoms with Crippen molar-refractivity contribution in [2.45, 2.75) is 56.4 Å². The van der Waals surface area contributed by atoms with Crippen LogP contribution in [0.15, 0.2) is 28.8 Å². The number of aromatic nitrogens is 1. The molecule has 2 atom stereocenters. The van der Waals surface area contributed by atoms with Gasteiger partial charge in [0.15, 0.2) is 0 Å². The van der Waals surface area contributed by atoms with Gasteiger partial charge in [-0.15, -0.1) is 11.8 Å². The van der Waals surface area contributed by atoms with E-state index in [0.29, 0.717) is 16.7 Å². The molecular formula is C19H25F6N5S. The average Bonchev–Trinajstić information content (AvgIpc) is 2.67. The van der Waals surface area contributed by atoms with Crippen molar-refractivity contribution < 1.29 is 26.3 Å². The molecule has 31 heavy (non-hydrogen) atoms. The molecular weight excluding hydrogens is 444 g/mol. The Balaban J connectivity index is 3.32. The molecule has 0 radical (unpaired) electrons. The van der Waals surface area contributed by atoms with Gasteiger partial charge in [0.2, 0.25) is 0 Å². The van der Waals surface area contributed by atoms with E-state index >= 15 is 0 Å². The van der Waals surface area contributed by atoms with Crippen molar-refractivity contribution in [1.82, 2.24) is 4.98 Å². The Bertz CT molecular complexity index is 819. The Kier molecular flexibility index (Phi) is 9.55. The van der Waals surface area contributed by atoms with Crippen LogP contribution in [0.2, 0.25) is 0 Å². The van der Waals surface area contributed by atoms with Gasteiger partial charge < -0.3 is 16.9 Å². The van der Waals surface area contributed by atoms with Gasteiger partial charge in [-0.25, -0.2) is 4.98 Å². The summed E-state index contributed by atoms with van der Waals surface area (Å²) in [5, 5.41) is 15.2. The fourth-order valence-corrected chi connectivity index (χ4v) is 3.45. The summed E-state index contributed by atoms with van der Waals surface area (Å²) in [5.41, 5.74) is 6.92. The van der Waals surface area contributed by atoms with Gasteiger partial charge in [0, 0.05) is 10.8 Å². The normalized spacial score (nSPS) is 14.9. The van der Waals surface area contributed by atoms with Crippen molar-refractivity contribution in [2.24, 2.45) is 17.4 Å². The first kappa shape index (κ1) is 27.0. The molecule has 0 aromatic carbocycles. The summed E-state index contributed by atoms with van der Waals surface area (Å²) in [5.74, 6) is -0.793. The summed E-state index contributed by atoms with van der Waals surface area (Å²) in [6, 6.07) is 1.46. The minimum Gasteiger partial charge on any atom is -0.395 e. The first-order valence-corrected chi connectivity index (χ1v) is 10.4. The van der Waals surface area contributed by atoms with E-state index in [1.54, 1.807) is 0 Å². The van der Waals surface area contributed by atoms with Gasteiger partial charge in [-0.2, -0.15) is 26.3 Å². The maximum atomic E-state index is 12.9. The lowest BCUT2D eigenvalue weighted by molar-refractivity contribution is -0.0925. The summed E-state index contributed by atoms with van der Waals surface area (Å²) in [4.78, 5) is 4.50. The molecule has 0 amide bonds. The van der Waals surface area contributed by atoms with Crippen molar-refractivity contribution >= 4 is 23.2 Å². The zero-order chi connectivity index (χ0) is 24.0. The number of nitrogens with two attached hydrogens (primary N) is 2. The van der Waals surface area contributed by atoms with Crippen LogP contribution in [-0.2, 0) is 0 Å². The van der Waals surface area contributed by atoms with E-state index in [1.807, 2.05) is 6.92 Å². The van der Waals surface area contributed by atoms with Crippen LogP contribution in [0.4, 0.5) is 26.3 Å². The third-order valence-electron chi connectivity index (χ3n) is 4.38. The molecule has 1 aromatic heterocycles. The van der Waals surface area contributed by atoms with Crippen LogP contribution in [0.3, 0.4) is 0 Å². The Morgan fingerprint density at radius 3 is 2.26 bits per heavy atom. The molecule has 12 heteroatoms. The lowest BCUT2D eigenvalue weighted by atomic mass is 9.93. The molecule has 0 saturated carbocycles. The third kappa shape index (κ3) is 8.17. The zero-order valence-corrected chi connectivity index (χ0v) is 17.8. The maximum Gasteiger partial charge on any atom is 0.430 e. The second-order valence-electron chi connectivity index (χ2n) is 6.91. The number of nitrogens with zero attached hydrogens (tertiary/aromatic N) is 1. The van der Waals surface area contributed by atoms with Crippen molar-refractivity contribution in [2.75, 3.05) is 5.75 Å². The monoisotopic (exact) mass is 469 g/mol. The van der Waals surface area contributed by atoms with Crippen LogP contribution in [0.1, 0.15) is 50.5 Å². The number of halogens is 6. The number of thioether (sulfide) groups is 1. The number of allylic oxidation sites excluding steroid dienone is 2. The Hall–Kier alpha value is -2.08. The zero-order valence-electron chi connectivity index (χ0n) is 17.0. The standard InChI is InChI=1S/C19H25F6N5S/c1-3-4-5-6-31-11-7-13(12(26)9-15(27)18(20,21)22)30-14(8-11)16(28)10(2)17(29)19(23,24)25/h7-10,16,26,29H,3-6,27-28H2,1-2H3. The van der Waals surface area contributed by atoms with Crippen LogP contribution in [0.25, 0.3) is 0 Å². The van der Waals surface area contributed by atoms with E-state index in [1.165, 1.54) is 23.9 Å². The smallest absolute Gasteiger partial charge is 0.395 e. The van der Waals surface area contributed by atoms with Gasteiger partial charge in [-0.3, -0.25) is 5.41 Å². The highest BCUT2D eigenvalue weighted by Crippen LogP contribution is 2.31. The first-order valence-electron chi connectivity index (χ1n) is 9.37. The molecule has 0 spiro atoms. The minimum absolute atomic E-state index is 0.0549. The summed E-state index contributed by atoms with van der Waals surface area (Å²) in [7, 11) is 0. The number of pyridine rings is 1. The Morgan fingerprint density at radius 2 is 1.74 bits per heavy atom. The van der Waals surface area contributed by atoms with Crippen LogP contribution in [0, 0.1) is 16.7 Å². The summed E-state index contributed by atoms with van der Waals surface area (Å²) in [6.45, 7) is 3.14. The second kappa shape index (κ2) is 11.0. The number of alkyl halides is 6. The highest BCUT2D eigenvalue weighted by Gasteiger charge is 2.40. The number of unbranched alkanes of at least 4 members (excludes halogenated alkanes) is 2. The van der Waals surface area contributed by atoms with Crippen molar-refractivity contribution in [3.63, 3.8) is 0 Å². The fraction of sp³-hybridized carbons (Fsp3) is 0.526. The van der Waals surface area contributed by atoms with Crippen molar-refractivity contribution in [1.29, 1.82) is 10.8 Å². The van der Waals surface area contributed by atoms with E-state index in [0.717, 1.165) is 26.2 Å². The highest BCUT2D eigenvalue weighted by atomic mass is 32.2. The molecule has 0 aliphatic rings. The predicted octanol–water partition coefficient (Wildman–Crippen LogP) is 5.35. The largest absolute Gasteiger partial charge is 0.430 e. The van der Waals surface area contributed by atoms with E-state index in [-0.39, 0.29) is 11.4 Å². The predicted molar refractivity (Wildman–Crippen MR) is 110 cm³/mol. The lowest BCUT2D eigenvalue weighted by Gasteiger charge is -2.22. The SMILES string of the molecule is CCCCCSc1cc(C(=N)C=C(N)C(F)(F)F)nc(C(N)C(C)C(=N)C(F)(F)F)c1.